The predicted octanol–water partition coefficient (Wildman–Crippen LogP) is 3.23. The molecular formula is C21H25N5OS. The number of rotatable bonds is 6. The lowest BCUT2D eigenvalue weighted by atomic mass is 10.0. The number of nitrogens with one attached hydrogen (secondary N) is 1. The molecule has 0 spiro atoms. The van der Waals surface area contributed by atoms with Crippen molar-refractivity contribution in [3.05, 3.63) is 69.9 Å². The Hall–Kier alpha value is -2.51. The molecule has 0 radical (unpaired) electrons. The highest BCUT2D eigenvalue weighted by Crippen LogP contribution is 2.30. The molecule has 1 aliphatic heterocycles. The molecule has 3 aromatic rings. The molecule has 1 aliphatic rings. The summed E-state index contributed by atoms with van der Waals surface area (Å²) in [6, 6.07) is 12.5. The zero-order valence-corrected chi connectivity index (χ0v) is 17.0. The van der Waals surface area contributed by atoms with Gasteiger partial charge >= 0.3 is 0 Å². The molecule has 1 saturated heterocycles. The van der Waals surface area contributed by atoms with E-state index >= 15 is 0 Å². The van der Waals surface area contributed by atoms with Crippen LogP contribution < -0.4 is 5.32 Å². The number of nitrogens with zero attached hydrogens (tertiary/aromatic N) is 4. The van der Waals surface area contributed by atoms with E-state index in [4.69, 9.17) is 0 Å². The first kappa shape index (κ1) is 18.8. The highest BCUT2D eigenvalue weighted by Gasteiger charge is 2.31. The van der Waals surface area contributed by atoms with Crippen molar-refractivity contribution >= 4 is 17.2 Å². The highest BCUT2D eigenvalue weighted by molar-refractivity contribution is 7.10. The predicted molar refractivity (Wildman–Crippen MR) is 110 cm³/mol. The van der Waals surface area contributed by atoms with E-state index in [0.29, 0.717) is 6.54 Å². The van der Waals surface area contributed by atoms with Crippen LogP contribution in [0, 0.1) is 6.92 Å². The van der Waals surface area contributed by atoms with E-state index in [1.165, 1.54) is 5.56 Å². The second-order valence-corrected chi connectivity index (χ2v) is 8.33. The molecule has 4 rings (SSSR count). The van der Waals surface area contributed by atoms with E-state index in [1.807, 2.05) is 23.1 Å². The lowest BCUT2D eigenvalue weighted by Crippen LogP contribution is -2.39. The Morgan fingerprint density at radius 1 is 1.32 bits per heavy atom. The monoisotopic (exact) mass is 395 g/mol. The topological polar surface area (TPSA) is 63.1 Å². The molecule has 0 saturated carbocycles. The summed E-state index contributed by atoms with van der Waals surface area (Å²) >= 11 is 1.67. The standard InChI is InChI=1S/C21H25N5OS/c1-15-7-9-16(10-8-15)20(18-6-4-12-28-18)23-19(27)13-26-11-3-5-17(26)21-24-22-14-25(21)2/h4,6-10,12,14,17,20H,3,5,11,13H2,1-2H3,(H,23,27)/t17-,20+/m1/s1. The summed E-state index contributed by atoms with van der Waals surface area (Å²) in [7, 11) is 1.95. The largest absolute Gasteiger partial charge is 0.343 e. The summed E-state index contributed by atoms with van der Waals surface area (Å²) in [4.78, 5) is 16.3. The third kappa shape index (κ3) is 4.00. The van der Waals surface area contributed by atoms with Crippen LogP contribution in [0.1, 0.15) is 46.8 Å². The lowest BCUT2D eigenvalue weighted by Gasteiger charge is -2.25. The summed E-state index contributed by atoms with van der Waals surface area (Å²) in [5, 5.41) is 13.5. The van der Waals surface area contributed by atoms with Crippen LogP contribution in [0.4, 0.5) is 0 Å². The number of amides is 1. The second kappa shape index (κ2) is 8.24. The van der Waals surface area contributed by atoms with E-state index in [9.17, 15) is 4.79 Å². The van der Waals surface area contributed by atoms with E-state index < -0.39 is 0 Å². The maximum Gasteiger partial charge on any atom is 0.234 e. The molecule has 1 amide bonds. The van der Waals surface area contributed by atoms with Crippen molar-refractivity contribution in [3.8, 4) is 0 Å². The zero-order chi connectivity index (χ0) is 19.5. The molecule has 1 N–H and O–H groups in total. The number of likely N-dealkylation sites (tertiary alicyclic amines) is 1. The lowest BCUT2D eigenvalue weighted by molar-refractivity contribution is -0.123. The molecule has 1 fully saturated rings. The van der Waals surface area contributed by atoms with E-state index in [2.05, 4.69) is 57.7 Å². The maximum atomic E-state index is 13.0. The number of carbonyl (C=O) groups excluding carboxylic acids is 1. The van der Waals surface area contributed by atoms with Crippen molar-refractivity contribution in [2.24, 2.45) is 7.05 Å². The fourth-order valence-electron chi connectivity index (χ4n) is 3.83. The summed E-state index contributed by atoms with van der Waals surface area (Å²) < 4.78 is 1.95. The Balaban J connectivity index is 1.49. The first-order valence-electron chi connectivity index (χ1n) is 9.59. The van der Waals surface area contributed by atoms with Crippen molar-refractivity contribution in [2.75, 3.05) is 13.1 Å². The molecule has 0 unspecified atom stereocenters. The Morgan fingerprint density at radius 3 is 2.82 bits per heavy atom. The number of hydrogen-bond acceptors (Lipinski definition) is 5. The summed E-state index contributed by atoms with van der Waals surface area (Å²) in [6.45, 7) is 3.34. The number of thiophene rings is 1. The van der Waals surface area contributed by atoms with Gasteiger partial charge in [0.05, 0.1) is 18.6 Å². The molecule has 2 atom stereocenters. The van der Waals surface area contributed by atoms with E-state index in [0.717, 1.165) is 35.7 Å². The maximum absolute atomic E-state index is 13.0. The van der Waals surface area contributed by atoms with Crippen LogP contribution in [0.3, 0.4) is 0 Å². The molecule has 7 heteroatoms. The van der Waals surface area contributed by atoms with Gasteiger partial charge < -0.3 is 9.88 Å². The Morgan fingerprint density at radius 2 is 2.14 bits per heavy atom. The third-order valence-electron chi connectivity index (χ3n) is 5.30. The molecule has 2 aromatic heterocycles. The fraction of sp³-hybridized carbons (Fsp3) is 0.381. The van der Waals surface area contributed by atoms with Gasteiger partial charge in [-0.2, -0.15) is 0 Å². The number of hydrogen-bond donors (Lipinski definition) is 1. The van der Waals surface area contributed by atoms with Gasteiger partial charge in [0.2, 0.25) is 5.91 Å². The average Bonchev–Trinajstić information content (AvgIpc) is 3.42. The first-order chi connectivity index (χ1) is 13.6. The minimum atomic E-state index is -0.121. The summed E-state index contributed by atoms with van der Waals surface area (Å²) in [5.41, 5.74) is 2.32. The SMILES string of the molecule is Cc1ccc([C@H](NC(=O)CN2CCC[C@@H]2c2nncn2C)c2cccs2)cc1. The van der Waals surface area contributed by atoms with Crippen molar-refractivity contribution < 1.29 is 4.79 Å². The molecule has 0 bridgehead atoms. The van der Waals surface area contributed by atoms with Gasteiger partial charge in [-0.25, -0.2) is 0 Å². The zero-order valence-electron chi connectivity index (χ0n) is 16.2. The molecule has 3 heterocycles. The van der Waals surface area contributed by atoms with Gasteiger partial charge in [-0.3, -0.25) is 9.69 Å². The van der Waals surface area contributed by atoms with E-state index in [-0.39, 0.29) is 18.0 Å². The van der Waals surface area contributed by atoms with Crippen LogP contribution in [0.5, 0.6) is 0 Å². The normalized spacial score (nSPS) is 18.3. The van der Waals surface area contributed by atoms with Crippen LogP contribution in [0.15, 0.2) is 48.1 Å². The summed E-state index contributed by atoms with van der Waals surface area (Å²) in [6.07, 6.45) is 3.79. The van der Waals surface area contributed by atoms with Crippen molar-refractivity contribution in [3.63, 3.8) is 0 Å². The van der Waals surface area contributed by atoms with Gasteiger partial charge in [0.25, 0.3) is 0 Å². The van der Waals surface area contributed by atoms with Crippen molar-refractivity contribution in [2.45, 2.75) is 31.8 Å². The quantitative estimate of drug-likeness (QED) is 0.696. The number of aryl methyl sites for hydroxylation is 2. The number of benzene rings is 1. The second-order valence-electron chi connectivity index (χ2n) is 7.36. The fourth-order valence-corrected chi connectivity index (χ4v) is 4.63. The van der Waals surface area contributed by atoms with Crippen LogP contribution in [0.25, 0.3) is 0 Å². The van der Waals surface area contributed by atoms with Crippen molar-refractivity contribution in [1.29, 1.82) is 0 Å². The van der Waals surface area contributed by atoms with Gasteiger partial charge in [0.1, 0.15) is 12.2 Å². The Labute approximate surface area is 169 Å². The Bertz CT molecular complexity index is 919. The molecule has 146 valence electrons. The van der Waals surface area contributed by atoms with Gasteiger partial charge in [0.15, 0.2) is 0 Å². The van der Waals surface area contributed by atoms with Crippen LogP contribution in [-0.4, -0.2) is 38.7 Å². The third-order valence-corrected chi connectivity index (χ3v) is 6.24. The molecule has 6 nitrogen and oxygen atoms in total. The highest BCUT2D eigenvalue weighted by atomic mass is 32.1. The van der Waals surface area contributed by atoms with Gasteiger partial charge in [-0.15, -0.1) is 21.5 Å². The number of carbonyl (C=O) groups is 1. The van der Waals surface area contributed by atoms with Crippen LogP contribution >= 0.6 is 11.3 Å². The Kier molecular flexibility index (Phi) is 5.54. The molecule has 28 heavy (non-hydrogen) atoms. The van der Waals surface area contributed by atoms with Crippen LogP contribution in [0.2, 0.25) is 0 Å². The minimum Gasteiger partial charge on any atom is -0.343 e. The van der Waals surface area contributed by atoms with Crippen molar-refractivity contribution in [1.82, 2.24) is 25.0 Å². The van der Waals surface area contributed by atoms with Gasteiger partial charge in [0, 0.05) is 11.9 Å². The molecular weight excluding hydrogens is 370 g/mol. The average molecular weight is 396 g/mol. The summed E-state index contributed by atoms with van der Waals surface area (Å²) in [5.74, 6) is 0.965. The van der Waals surface area contributed by atoms with E-state index in [1.54, 1.807) is 17.7 Å². The van der Waals surface area contributed by atoms with Crippen LogP contribution in [-0.2, 0) is 11.8 Å². The number of aromatic nitrogens is 3. The minimum absolute atomic E-state index is 0.0352. The molecule has 0 aliphatic carbocycles. The van der Waals surface area contributed by atoms with Gasteiger partial charge in [-0.1, -0.05) is 35.9 Å². The first-order valence-corrected chi connectivity index (χ1v) is 10.5. The smallest absolute Gasteiger partial charge is 0.234 e. The van der Waals surface area contributed by atoms with Gasteiger partial charge in [-0.05, 0) is 43.3 Å². The molecule has 1 aromatic carbocycles.